The number of aliphatic hydroxyl groups excluding tert-OH is 13. The minimum atomic E-state index is -2.36. The number of ether oxygens (including phenoxy) is 5. The van der Waals surface area contributed by atoms with Crippen molar-refractivity contribution in [3.05, 3.63) is 12.2 Å². The van der Waals surface area contributed by atoms with E-state index in [9.17, 15) is 76.3 Å². The lowest BCUT2D eigenvalue weighted by molar-refractivity contribution is -0.333. The van der Waals surface area contributed by atoms with E-state index in [2.05, 4.69) is 0 Å². The Kier molecular flexibility index (Phi) is 23.6. The Balaban J connectivity index is 1.47. The van der Waals surface area contributed by atoms with E-state index >= 15 is 0 Å². The number of hydrogen-bond donors (Lipinski definition) is 14. The van der Waals surface area contributed by atoms with E-state index in [0.29, 0.717) is 6.42 Å². The Morgan fingerprint density at radius 1 is 0.652 bits per heavy atom. The number of cyclic esters (lactones) is 1. The fourth-order valence-electron chi connectivity index (χ4n) is 10.4. The van der Waals surface area contributed by atoms with Gasteiger partial charge in [-0.1, -0.05) is 40.7 Å². The van der Waals surface area contributed by atoms with Crippen LogP contribution in [0.5, 0.6) is 0 Å². The average molecular weight is 997 g/mol. The molecule has 0 unspecified atom stereocenters. The van der Waals surface area contributed by atoms with Gasteiger partial charge in [-0.15, -0.1) is 0 Å². The van der Waals surface area contributed by atoms with Crippen molar-refractivity contribution < 1.29 is 100.0 Å². The molecule has 4 rings (SSSR count). The van der Waals surface area contributed by atoms with Crippen molar-refractivity contribution in [1.29, 1.82) is 0 Å². The number of hydrogen-bond acceptors (Lipinski definition) is 20. The summed E-state index contributed by atoms with van der Waals surface area (Å²) in [7, 11) is 0. The first kappa shape index (κ1) is 60.0. The van der Waals surface area contributed by atoms with E-state index in [1.54, 1.807) is 48.5 Å². The molecule has 69 heavy (non-hydrogen) atoms. The Hall–Kier alpha value is -1.51. The molecule has 4 aliphatic rings. The van der Waals surface area contributed by atoms with Gasteiger partial charge in [-0.25, -0.2) is 4.79 Å². The lowest BCUT2D eigenvalue weighted by Gasteiger charge is -2.45. The Labute approximate surface area is 406 Å². The standard InChI is InChI=1S/C49H88O20/c1-23-14-15-32(52)18-33(53)16-31(51)11-9-13-40(59)67-45(26(4)43(61)25(3)42(60)24(2)28(6)65-41-21-37(56)44(62)29(7)66-41)27(5)46-47(68-46)36(55)12-8-10-30(50)17-34(54)19-35-20-38(57)48(63)49(64,69-35)22-39(23)58/h9,13,23-39,41-48,50-58,60-64H,8,10-12,14-22H2,1-7H3/b13-9+/t23-,24+,25-,26+,27-,28+,29+,30-,31+,32+,33+,34+,35-,36+,37+,38+,39-,41-,42+,43+,44-,45-,46-,47+,48-,49+/m1/s1. The molecule has 0 aromatic rings. The third-order valence-electron chi connectivity index (χ3n) is 15.4. The lowest BCUT2D eigenvalue weighted by atomic mass is 9.77. The molecular formula is C49H88O20. The molecule has 20 heteroatoms. The van der Waals surface area contributed by atoms with E-state index in [1.165, 1.54) is 6.08 Å². The molecule has 3 fully saturated rings. The van der Waals surface area contributed by atoms with Crippen molar-refractivity contribution in [1.82, 2.24) is 0 Å². The molecule has 2 bridgehead atoms. The molecule has 4 heterocycles. The molecule has 20 nitrogen and oxygen atoms in total. The summed E-state index contributed by atoms with van der Waals surface area (Å²) in [4.78, 5) is 13.4. The van der Waals surface area contributed by atoms with Gasteiger partial charge < -0.3 is 95.2 Å². The topological polar surface area (TPSA) is 350 Å². The van der Waals surface area contributed by atoms with Crippen LogP contribution in [0, 0.1) is 29.6 Å². The molecule has 0 spiro atoms. The number of aliphatic hydroxyl groups is 14. The van der Waals surface area contributed by atoms with Crippen molar-refractivity contribution in [3.63, 3.8) is 0 Å². The zero-order valence-corrected chi connectivity index (χ0v) is 41.5. The molecule has 3 saturated heterocycles. The minimum absolute atomic E-state index is 0.0279. The molecule has 4 aliphatic heterocycles. The largest absolute Gasteiger partial charge is 0.458 e. The van der Waals surface area contributed by atoms with Crippen LogP contribution in [-0.2, 0) is 28.5 Å². The van der Waals surface area contributed by atoms with Crippen LogP contribution in [0.15, 0.2) is 12.2 Å². The fourth-order valence-corrected chi connectivity index (χ4v) is 10.4. The summed E-state index contributed by atoms with van der Waals surface area (Å²) in [5, 5.41) is 152. The van der Waals surface area contributed by atoms with Crippen LogP contribution in [0.25, 0.3) is 0 Å². The lowest BCUT2D eigenvalue weighted by Crippen LogP contribution is -2.59. The van der Waals surface area contributed by atoms with Crippen LogP contribution in [0.4, 0.5) is 0 Å². The molecule has 0 aliphatic carbocycles. The Morgan fingerprint density at radius 2 is 1.28 bits per heavy atom. The Morgan fingerprint density at radius 3 is 1.93 bits per heavy atom. The van der Waals surface area contributed by atoms with Crippen molar-refractivity contribution >= 4 is 5.97 Å². The highest BCUT2D eigenvalue weighted by molar-refractivity contribution is 5.82. The third kappa shape index (κ3) is 17.6. The van der Waals surface area contributed by atoms with Crippen molar-refractivity contribution in [3.8, 4) is 0 Å². The van der Waals surface area contributed by atoms with Gasteiger partial charge in [-0.05, 0) is 84.0 Å². The molecule has 0 radical (unpaired) electrons. The second-order valence-electron chi connectivity index (χ2n) is 21.3. The quantitative estimate of drug-likeness (QED) is 0.107. The van der Waals surface area contributed by atoms with Crippen LogP contribution >= 0.6 is 0 Å². The van der Waals surface area contributed by atoms with E-state index in [1.807, 2.05) is 0 Å². The highest BCUT2D eigenvalue weighted by atomic mass is 16.7. The van der Waals surface area contributed by atoms with Gasteiger partial charge in [0.15, 0.2) is 12.1 Å². The average Bonchev–Trinajstić information content (AvgIpc) is 4.08. The number of esters is 1. The smallest absolute Gasteiger partial charge is 0.330 e. The molecule has 0 amide bonds. The summed E-state index contributed by atoms with van der Waals surface area (Å²) >= 11 is 0. The molecule has 0 aromatic carbocycles. The first-order chi connectivity index (χ1) is 32.2. The van der Waals surface area contributed by atoms with Crippen molar-refractivity contribution in [2.45, 2.75) is 260 Å². The highest BCUT2D eigenvalue weighted by Gasteiger charge is 2.53. The first-order valence-corrected chi connectivity index (χ1v) is 25.3. The van der Waals surface area contributed by atoms with Gasteiger partial charge in [-0.3, -0.25) is 0 Å². The second-order valence-corrected chi connectivity index (χ2v) is 21.3. The predicted octanol–water partition coefficient (Wildman–Crippen LogP) is -0.584. The molecular weight excluding hydrogens is 909 g/mol. The van der Waals surface area contributed by atoms with Gasteiger partial charge in [0.2, 0.25) is 0 Å². The minimum Gasteiger partial charge on any atom is -0.458 e. The van der Waals surface area contributed by atoms with Crippen molar-refractivity contribution in [2.24, 2.45) is 29.6 Å². The van der Waals surface area contributed by atoms with Gasteiger partial charge in [0.25, 0.3) is 0 Å². The summed E-state index contributed by atoms with van der Waals surface area (Å²) in [6, 6.07) is 0. The van der Waals surface area contributed by atoms with Crippen LogP contribution in [0.1, 0.15) is 132 Å². The molecule has 0 aromatic heterocycles. The number of carbonyl (C=O) groups is 1. The number of rotatable bonds is 8. The van der Waals surface area contributed by atoms with Gasteiger partial charge in [0.1, 0.15) is 24.4 Å². The number of carbonyl (C=O) groups excluding carboxylic acids is 1. The monoisotopic (exact) mass is 997 g/mol. The molecule has 14 N–H and O–H groups in total. The first-order valence-electron chi connectivity index (χ1n) is 25.3. The van der Waals surface area contributed by atoms with Crippen LogP contribution < -0.4 is 0 Å². The highest BCUT2D eigenvalue weighted by Crippen LogP contribution is 2.40. The molecule has 26 atom stereocenters. The summed E-state index contributed by atoms with van der Waals surface area (Å²) in [6.45, 7) is 11.8. The maximum Gasteiger partial charge on any atom is 0.330 e. The fraction of sp³-hybridized carbons (Fsp3) is 0.939. The Bertz CT molecular complexity index is 1530. The van der Waals surface area contributed by atoms with Crippen LogP contribution in [0.3, 0.4) is 0 Å². The maximum absolute atomic E-state index is 13.4. The molecule has 404 valence electrons. The summed E-state index contributed by atoms with van der Waals surface area (Å²) < 4.78 is 29.5. The van der Waals surface area contributed by atoms with Crippen LogP contribution in [0.2, 0.25) is 0 Å². The summed E-state index contributed by atoms with van der Waals surface area (Å²) in [5.41, 5.74) is 0. The van der Waals surface area contributed by atoms with Gasteiger partial charge in [-0.2, -0.15) is 0 Å². The zero-order valence-electron chi connectivity index (χ0n) is 41.5. The van der Waals surface area contributed by atoms with E-state index in [-0.39, 0.29) is 70.6 Å². The number of fused-ring (bicyclic) bond motifs is 3. The van der Waals surface area contributed by atoms with Gasteiger partial charge >= 0.3 is 5.97 Å². The van der Waals surface area contributed by atoms with Gasteiger partial charge in [0, 0.05) is 49.0 Å². The molecule has 0 saturated carbocycles. The number of epoxide rings is 1. The second kappa shape index (κ2) is 27.1. The summed E-state index contributed by atoms with van der Waals surface area (Å²) in [5.74, 6) is -6.45. The van der Waals surface area contributed by atoms with E-state index < -0.39 is 170 Å². The zero-order chi connectivity index (χ0) is 51.7. The normalized spacial score (nSPS) is 45.6. The van der Waals surface area contributed by atoms with E-state index in [0.717, 1.165) is 6.08 Å². The predicted molar refractivity (Wildman–Crippen MR) is 246 cm³/mol. The van der Waals surface area contributed by atoms with Crippen LogP contribution in [-0.4, -0.2) is 206 Å². The van der Waals surface area contributed by atoms with Gasteiger partial charge in [0.05, 0.1) is 91.6 Å². The van der Waals surface area contributed by atoms with Crippen molar-refractivity contribution in [2.75, 3.05) is 0 Å². The van der Waals surface area contributed by atoms with E-state index in [4.69, 9.17) is 23.7 Å². The maximum atomic E-state index is 13.4. The summed E-state index contributed by atoms with van der Waals surface area (Å²) in [6.07, 6.45) is -18.2. The third-order valence-corrected chi connectivity index (χ3v) is 15.4. The SMILES string of the molecule is C[C@H]([C@@H](O)[C@@H](C)[C@H](C)O[C@H]1C[C@H](O)[C@H](O)[C@H](C)O1)[C@H](O)[C@H](C)[C@H]1OC(=O)/C=C/C[C@H](O)C[C@H](O)C[C@@H](O)CC[C@@H](C)[C@H](O)C[C@]2(O)O[C@H](C[C@@H](O)C[C@H](O)CCC[C@H](O)[C@@H]3O[C@@H]3[C@@H]1C)C[C@H](O)[C@H]2O.